The van der Waals surface area contributed by atoms with Gasteiger partial charge in [0.05, 0.1) is 11.6 Å². The van der Waals surface area contributed by atoms with Crippen molar-refractivity contribution in [3.63, 3.8) is 0 Å². The Hall–Kier alpha value is -0.810. The summed E-state index contributed by atoms with van der Waals surface area (Å²) in [6.07, 6.45) is 5.02. The lowest BCUT2D eigenvalue weighted by Gasteiger charge is -2.20. The Kier molecular flexibility index (Phi) is 6.27. The van der Waals surface area contributed by atoms with Gasteiger partial charge in [-0.05, 0) is 13.0 Å². The van der Waals surface area contributed by atoms with E-state index in [1.807, 2.05) is 0 Å². The molecule has 1 N–H and O–H groups in total. The maximum Gasteiger partial charge on any atom is 0.373 e. The minimum atomic E-state index is -0.636. The third-order valence-corrected chi connectivity index (χ3v) is 1.84. The lowest BCUT2D eigenvalue weighted by Crippen LogP contribution is -2.34. The summed E-state index contributed by atoms with van der Waals surface area (Å²) in [5, 5.41) is 7.99. The van der Waals surface area contributed by atoms with E-state index < -0.39 is 5.97 Å². The third kappa shape index (κ3) is 4.05. The molecular weight excluding hydrogens is 283 g/mol. The number of esters is 1. The first-order valence-corrected chi connectivity index (χ1v) is 4.59. The molecule has 0 spiro atoms. The molecule has 1 heterocycles. The molecule has 0 radical (unpaired) electrons. The molecule has 0 atom stereocenters. The Balaban J connectivity index is 0.00000196. The molecule has 84 valence electrons. The summed E-state index contributed by atoms with van der Waals surface area (Å²) >= 11 is 5.72. The lowest BCUT2D eigenvalue weighted by atomic mass is 10.3. The number of carbonyl (C=O) groups excluding carboxylic acids is 1. The molecule has 15 heavy (non-hydrogen) atoms. The fourth-order valence-corrected chi connectivity index (χ4v) is 1.20. The molecule has 0 saturated heterocycles. The van der Waals surface area contributed by atoms with Crippen LogP contribution in [0.1, 0.15) is 6.92 Å². The van der Waals surface area contributed by atoms with E-state index in [-0.39, 0.29) is 29.4 Å². The monoisotopic (exact) mass is 294 g/mol. The van der Waals surface area contributed by atoms with Crippen LogP contribution in [0.25, 0.3) is 0 Å². The highest BCUT2D eigenvalue weighted by atomic mass is 79.9. The number of amidine groups is 1. The Bertz CT molecular complexity index is 315. The van der Waals surface area contributed by atoms with Crippen LogP contribution in [0, 0.1) is 5.41 Å². The van der Waals surface area contributed by atoms with Crippen molar-refractivity contribution < 1.29 is 9.53 Å². The summed E-state index contributed by atoms with van der Waals surface area (Å²) in [6, 6.07) is 0. The molecule has 0 bridgehead atoms. The molecule has 1 rings (SSSR count). The van der Waals surface area contributed by atoms with Crippen LogP contribution in [0.5, 0.6) is 0 Å². The van der Waals surface area contributed by atoms with Crippen molar-refractivity contribution in [3.8, 4) is 0 Å². The molecule has 4 nitrogen and oxygen atoms in total. The van der Waals surface area contributed by atoms with E-state index in [4.69, 9.17) is 21.7 Å². The predicted octanol–water partition coefficient (Wildman–Crippen LogP) is 2.06. The number of allylic oxidation sites excluding steroid dienone is 2. The molecule has 0 aromatic carbocycles. The minimum Gasteiger partial charge on any atom is -0.460 e. The SMILES string of the molecule is Br.CCOC(=O)C(=N)N1C=C(Cl)C=CC1. The fourth-order valence-electron chi connectivity index (χ4n) is 0.996. The van der Waals surface area contributed by atoms with E-state index in [1.165, 1.54) is 11.1 Å². The number of nitrogens with one attached hydrogen (secondary N) is 1. The van der Waals surface area contributed by atoms with Gasteiger partial charge >= 0.3 is 5.97 Å². The first kappa shape index (κ1) is 14.2. The van der Waals surface area contributed by atoms with Gasteiger partial charge in [0, 0.05) is 12.7 Å². The first-order chi connectivity index (χ1) is 6.65. The van der Waals surface area contributed by atoms with Crippen LogP contribution in [-0.2, 0) is 9.53 Å². The van der Waals surface area contributed by atoms with Crippen molar-refractivity contribution >= 4 is 40.4 Å². The molecule has 1 aliphatic heterocycles. The number of ether oxygens (including phenoxy) is 1. The maximum absolute atomic E-state index is 11.2. The summed E-state index contributed by atoms with van der Waals surface area (Å²) in [5.41, 5.74) is 0. The molecule has 0 aliphatic carbocycles. The molecule has 6 heteroatoms. The second-order valence-corrected chi connectivity index (χ2v) is 3.07. The number of halogens is 2. The van der Waals surface area contributed by atoms with Crippen LogP contribution < -0.4 is 0 Å². The van der Waals surface area contributed by atoms with Gasteiger partial charge in [-0.25, -0.2) is 4.79 Å². The Morgan fingerprint density at radius 3 is 2.93 bits per heavy atom. The van der Waals surface area contributed by atoms with Gasteiger partial charge in [-0.2, -0.15) is 0 Å². The van der Waals surface area contributed by atoms with Crippen LogP contribution in [0.3, 0.4) is 0 Å². The molecule has 1 aliphatic rings. The molecule has 0 aromatic heterocycles. The standard InChI is InChI=1S/C9H11ClN2O2.BrH/c1-2-14-9(13)8(11)12-5-3-4-7(10)6-12;/h3-4,6,11H,2,5H2,1H3;1H. The van der Waals surface area contributed by atoms with Crippen molar-refractivity contribution in [1.29, 1.82) is 5.41 Å². The Labute approximate surface area is 104 Å². The maximum atomic E-state index is 11.2. The molecule has 0 aromatic rings. The normalized spacial score (nSPS) is 14.0. The molecule has 0 amide bonds. The quantitative estimate of drug-likeness (QED) is 0.458. The smallest absolute Gasteiger partial charge is 0.373 e. The van der Waals surface area contributed by atoms with Crippen molar-refractivity contribution in [1.82, 2.24) is 4.90 Å². The van der Waals surface area contributed by atoms with Gasteiger partial charge in [0.1, 0.15) is 0 Å². The summed E-state index contributed by atoms with van der Waals surface area (Å²) < 4.78 is 4.69. The van der Waals surface area contributed by atoms with E-state index >= 15 is 0 Å². The minimum absolute atomic E-state index is 0. The Morgan fingerprint density at radius 2 is 2.40 bits per heavy atom. The van der Waals surface area contributed by atoms with E-state index in [1.54, 1.807) is 19.1 Å². The molecule has 0 fully saturated rings. The average molecular weight is 296 g/mol. The van der Waals surface area contributed by atoms with E-state index in [2.05, 4.69) is 0 Å². The summed E-state index contributed by atoms with van der Waals surface area (Å²) in [4.78, 5) is 12.6. The van der Waals surface area contributed by atoms with Gasteiger partial charge < -0.3 is 9.64 Å². The average Bonchev–Trinajstić information content (AvgIpc) is 2.17. The van der Waals surface area contributed by atoms with Crippen LogP contribution in [-0.4, -0.2) is 29.9 Å². The number of rotatable bonds is 1. The lowest BCUT2D eigenvalue weighted by molar-refractivity contribution is -0.135. The summed E-state index contributed by atoms with van der Waals surface area (Å²) in [7, 11) is 0. The third-order valence-electron chi connectivity index (χ3n) is 1.61. The molecular formula is C9H12BrClN2O2. The second kappa shape index (κ2) is 6.63. The van der Waals surface area contributed by atoms with Gasteiger partial charge in [-0.3, -0.25) is 5.41 Å². The zero-order valence-corrected chi connectivity index (χ0v) is 10.7. The van der Waals surface area contributed by atoms with Crippen LogP contribution >= 0.6 is 28.6 Å². The van der Waals surface area contributed by atoms with Gasteiger partial charge in [-0.15, -0.1) is 17.0 Å². The molecule has 0 saturated carbocycles. The highest BCUT2D eigenvalue weighted by molar-refractivity contribution is 8.93. The predicted molar refractivity (Wildman–Crippen MR) is 64.5 cm³/mol. The van der Waals surface area contributed by atoms with E-state index in [0.717, 1.165) is 0 Å². The largest absolute Gasteiger partial charge is 0.460 e. The Morgan fingerprint density at radius 1 is 1.73 bits per heavy atom. The number of nitrogens with zero attached hydrogens (tertiary/aromatic N) is 1. The van der Waals surface area contributed by atoms with Crippen molar-refractivity contribution in [3.05, 3.63) is 23.4 Å². The van der Waals surface area contributed by atoms with Crippen LogP contribution in [0.4, 0.5) is 0 Å². The van der Waals surface area contributed by atoms with Gasteiger partial charge in [0.25, 0.3) is 0 Å². The highest BCUT2D eigenvalue weighted by Gasteiger charge is 2.17. The highest BCUT2D eigenvalue weighted by Crippen LogP contribution is 2.11. The first-order valence-electron chi connectivity index (χ1n) is 4.21. The molecule has 0 unspecified atom stereocenters. The zero-order valence-electron chi connectivity index (χ0n) is 8.20. The summed E-state index contributed by atoms with van der Waals surface area (Å²) in [5.74, 6) is -0.835. The zero-order chi connectivity index (χ0) is 10.6. The summed E-state index contributed by atoms with van der Waals surface area (Å²) in [6.45, 7) is 2.43. The van der Waals surface area contributed by atoms with Gasteiger partial charge in [-0.1, -0.05) is 17.7 Å². The second-order valence-electron chi connectivity index (χ2n) is 2.64. The van der Waals surface area contributed by atoms with E-state index in [0.29, 0.717) is 11.6 Å². The van der Waals surface area contributed by atoms with Crippen LogP contribution in [0.15, 0.2) is 23.4 Å². The van der Waals surface area contributed by atoms with Crippen molar-refractivity contribution in [2.24, 2.45) is 0 Å². The van der Waals surface area contributed by atoms with Crippen molar-refractivity contribution in [2.75, 3.05) is 13.2 Å². The topological polar surface area (TPSA) is 53.4 Å². The van der Waals surface area contributed by atoms with Crippen LogP contribution in [0.2, 0.25) is 0 Å². The number of hydrogen-bond donors (Lipinski definition) is 1. The van der Waals surface area contributed by atoms with Crippen molar-refractivity contribution in [2.45, 2.75) is 6.92 Å². The number of hydrogen-bond acceptors (Lipinski definition) is 3. The van der Waals surface area contributed by atoms with Gasteiger partial charge in [0.2, 0.25) is 5.84 Å². The van der Waals surface area contributed by atoms with Gasteiger partial charge in [0.15, 0.2) is 0 Å². The number of carbonyl (C=O) groups is 1. The fraction of sp³-hybridized carbons (Fsp3) is 0.333. The van der Waals surface area contributed by atoms with E-state index in [9.17, 15) is 4.79 Å².